The van der Waals surface area contributed by atoms with Crippen LogP contribution in [0, 0.1) is 0 Å². The number of carbonyl (C=O) groups excluding carboxylic acids is 2. The lowest BCUT2D eigenvalue weighted by molar-refractivity contribution is -0.115. The fourth-order valence-corrected chi connectivity index (χ4v) is 5.24. The minimum absolute atomic E-state index is 0.0356. The molecule has 0 aliphatic carbocycles. The predicted octanol–water partition coefficient (Wildman–Crippen LogP) is 5.63. The second-order valence-electron chi connectivity index (χ2n) is 7.97. The Morgan fingerprint density at radius 2 is 1.90 bits per heavy atom. The Labute approximate surface area is 191 Å². The highest BCUT2D eigenvalue weighted by Gasteiger charge is 2.22. The average molecular weight is 451 g/mol. The first kappa shape index (κ1) is 21.7. The summed E-state index contributed by atoms with van der Waals surface area (Å²) in [7, 11) is 0. The fraction of sp³-hybridized carbons (Fsp3) is 0.280. The number of hydrogen-bond acceptors (Lipinski definition) is 4. The van der Waals surface area contributed by atoms with Crippen LogP contribution in [0.3, 0.4) is 0 Å². The van der Waals surface area contributed by atoms with Gasteiger partial charge in [-0.3, -0.25) is 9.59 Å². The first-order valence-electron chi connectivity index (χ1n) is 10.5. The van der Waals surface area contributed by atoms with Gasteiger partial charge < -0.3 is 10.2 Å². The molecule has 0 atom stereocenters. The van der Waals surface area contributed by atoms with Crippen LogP contribution in [0.4, 0.5) is 5.69 Å². The van der Waals surface area contributed by atoms with Crippen LogP contribution in [0.2, 0.25) is 0 Å². The number of amides is 2. The topological polar surface area (TPSA) is 49.4 Å². The standard InChI is InChI=1S/C25H26N2O2S2/c1-17(2)31-22-9-5-18(6-10-22)14-24(28)26-21-8-7-19-11-12-27(16-20(19)15-21)25(29)23-4-3-13-30-23/h3-10,13,15,17H,11-12,14,16H2,1-2H3,(H,26,28). The van der Waals surface area contributed by atoms with Crippen LogP contribution in [0.25, 0.3) is 0 Å². The van der Waals surface area contributed by atoms with E-state index in [0.29, 0.717) is 18.2 Å². The predicted molar refractivity (Wildman–Crippen MR) is 129 cm³/mol. The van der Waals surface area contributed by atoms with Gasteiger partial charge >= 0.3 is 0 Å². The minimum Gasteiger partial charge on any atom is -0.333 e. The number of thiophene rings is 1. The molecule has 0 saturated carbocycles. The monoisotopic (exact) mass is 450 g/mol. The molecule has 1 N–H and O–H groups in total. The largest absolute Gasteiger partial charge is 0.333 e. The van der Waals surface area contributed by atoms with E-state index in [4.69, 9.17) is 0 Å². The normalized spacial score (nSPS) is 13.2. The van der Waals surface area contributed by atoms with E-state index in [2.05, 4.69) is 37.4 Å². The number of nitrogens with one attached hydrogen (secondary N) is 1. The molecule has 160 valence electrons. The van der Waals surface area contributed by atoms with Crippen molar-refractivity contribution < 1.29 is 9.59 Å². The van der Waals surface area contributed by atoms with E-state index < -0.39 is 0 Å². The van der Waals surface area contributed by atoms with Gasteiger partial charge in [-0.2, -0.15) is 0 Å². The van der Waals surface area contributed by atoms with Gasteiger partial charge in [-0.25, -0.2) is 0 Å². The average Bonchev–Trinajstić information content (AvgIpc) is 3.28. The van der Waals surface area contributed by atoms with E-state index in [1.807, 2.05) is 58.4 Å². The molecular weight excluding hydrogens is 424 g/mol. The maximum atomic E-state index is 12.7. The quantitative estimate of drug-likeness (QED) is 0.495. The van der Waals surface area contributed by atoms with Crippen molar-refractivity contribution in [3.05, 3.63) is 81.5 Å². The Hall–Kier alpha value is -2.57. The summed E-state index contributed by atoms with van der Waals surface area (Å²) in [5, 5.41) is 5.48. The summed E-state index contributed by atoms with van der Waals surface area (Å²) in [6.45, 7) is 5.63. The molecule has 1 aliphatic rings. The van der Waals surface area contributed by atoms with Crippen LogP contribution in [-0.2, 0) is 24.2 Å². The second kappa shape index (κ2) is 9.71. The SMILES string of the molecule is CC(C)Sc1ccc(CC(=O)Nc2ccc3c(c2)CN(C(=O)c2cccs2)CC3)cc1. The van der Waals surface area contributed by atoms with Crippen LogP contribution in [0.15, 0.2) is 64.9 Å². The van der Waals surface area contributed by atoms with Crippen molar-refractivity contribution in [3.8, 4) is 0 Å². The first-order valence-corrected chi connectivity index (χ1v) is 12.2. The molecule has 0 radical (unpaired) electrons. The highest BCUT2D eigenvalue weighted by molar-refractivity contribution is 7.99. The number of rotatable bonds is 6. The molecule has 2 aromatic carbocycles. The van der Waals surface area contributed by atoms with Gasteiger partial charge in [0.05, 0.1) is 11.3 Å². The number of fused-ring (bicyclic) bond motifs is 1. The van der Waals surface area contributed by atoms with Gasteiger partial charge in [0.1, 0.15) is 0 Å². The Morgan fingerprint density at radius 1 is 1.10 bits per heavy atom. The summed E-state index contributed by atoms with van der Waals surface area (Å²) in [5.74, 6) is 0.0423. The molecule has 0 saturated heterocycles. The van der Waals surface area contributed by atoms with Crippen LogP contribution >= 0.6 is 23.1 Å². The van der Waals surface area contributed by atoms with Crippen molar-refractivity contribution in [2.24, 2.45) is 0 Å². The van der Waals surface area contributed by atoms with Crippen molar-refractivity contribution in [1.29, 1.82) is 0 Å². The van der Waals surface area contributed by atoms with E-state index in [1.165, 1.54) is 21.8 Å². The van der Waals surface area contributed by atoms with Gasteiger partial charge in [-0.1, -0.05) is 38.1 Å². The molecule has 1 aromatic heterocycles. The summed E-state index contributed by atoms with van der Waals surface area (Å²) < 4.78 is 0. The summed E-state index contributed by atoms with van der Waals surface area (Å²) in [6.07, 6.45) is 1.17. The molecule has 1 aliphatic heterocycles. The minimum atomic E-state index is -0.0356. The molecule has 2 heterocycles. The number of anilines is 1. The Bertz CT molecular complexity index is 1060. The molecule has 4 rings (SSSR count). The van der Waals surface area contributed by atoms with Gasteiger partial charge in [0.25, 0.3) is 5.91 Å². The Morgan fingerprint density at radius 3 is 2.61 bits per heavy atom. The fourth-order valence-electron chi connectivity index (χ4n) is 3.71. The molecule has 6 heteroatoms. The van der Waals surface area contributed by atoms with Gasteiger partial charge in [0, 0.05) is 28.9 Å². The molecule has 0 bridgehead atoms. The van der Waals surface area contributed by atoms with Gasteiger partial charge in [-0.15, -0.1) is 23.1 Å². The number of nitrogens with zero attached hydrogens (tertiary/aromatic N) is 1. The third-order valence-corrected chi connectivity index (χ3v) is 7.05. The highest BCUT2D eigenvalue weighted by Crippen LogP contribution is 2.26. The first-order chi connectivity index (χ1) is 15.0. The van der Waals surface area contributed by atoms with Crippen molar-refractivity contribution in [2.45, 2.75) is 43.4 Å². The van der Waals surface area contributed by atoms with Crippen LogP contribution in [-0.4, -0.2) is 28.5 Å². The maximum Gasteiger partial charge on any atom is 0.264 e. The van der Waals surface area contributed by atoms with Crippen molar-refractivity contribution in [3.63, 3.8) is 0 Å². The Balaban J connectivity index is 1.38. The zero-order valence-corrected chi connectivity index (χ0v) is 19.4. The molecule has 0 fully saturated rings. The van der Waals surface area contributed by atoms with E-state index >= 15 is 0 Å². The lowest BCUT2D eigenvalue weighted by atomic mass is 9.98. The third-order valence-electron chi connectivity index (χ3n) is 5.18. The zero-order valence-electron chi connectivity index (χ0n) is 17.8. The molecule has 31 heavy (non-hydrogen) atoms. The van der Waals surface area contributed by atoms with E-state index in [9.17, 15) is 9.59 Å². The van der Waals surface area contributed by atoms with E-state index in [0.717, 1.165) is 34.7 Å². The summed E-state index contributed by atoms with van der Waals surface area (Å²) in [6, 6.07) is 18.0. The molecule has 2 amide bonds. The smallest absolute Gasteiger partial charge is 0.264 e. The number of carbonyl (C=O) groups is 2. The molecule has 3 aromatic rings. The van der Waals surface area contributed by atoms with Gasteiger partial charge in [0.15, 0.2) is 0 Å². The highest BCUT2D eigenvalue weighted by atomic mass is 32.2. The number of hydrogen-bond donors (Lipinski definition) is 1. The van der Waals surface area contributed by atoms with Crippen molar-refractivity contribution in [2.75, 3.05) is 11.9 Å². The maximum absolute atomic E-state index is 12.7. The van der Waals surface area contributed by atoms with Crippen LogP contribution < -0.4 is 5.32 Å². The number of thioether (sulfide) groups is 1. The molecule has 0 spiro atoms. The van der Waals surface area contributed by atoms with Crippen molar-refractivity contribution >= 4 is 40.6 Å². The molecule has 0 unspecified atom stereocenters. The summed E-state index contributed by atoms with van der Waals surface area (Å²) >= 11 is 3.29. The summed E-state index contributed by atoms with van der Waals surface area (Å²) in [5.41, 5.74) is 4.12. The van der Waals surface area contributed by atoms with E-state index in [1.54, 1.807) is 0 Å². The molecule has 4 nitrogen and oxygen atoms in total. The van der Waals surface area contributed by atoms with Crippen molar-refractivity contribution in [1.82, 2.24) is 4.90 Å². The van der Waals surface area contributed by atoms with Crippen LogP contribution in [0.1, 0.15) is 40.2 Å². The van der Waals surface area contributed by atoms with Gasteiger partial charge in [-0.05, 0) is 58.8 Å². The summed E-state index contributed by atoms with van der Waals surface area (Å²) in [4.78, 5) is 29.1. The van der Waals surface area contributed by atoms with Crippen LogP contribution in [0.5, 0.6) is 0 Å². The Kier molecular flexibility index (Phi) is 6.78. The zero-order chi connectivity index (χ0) is 21.8. The second-order valence-corrected chi connectivity index (χ2v) is 10.6. The lowest BCUT2D eigenvalue weighted by Gasteiger charge is -2.29. The third kappa shape index (κ3) is 5.57. The molecular formula is C25H26N2O2S2. The lowest BCUT2D eigenvalue weighted by Crippen LogP contribution is -2.35. The van der Waals surface area contributed by atoms with E-state index in [-0.39, 0.29) is 11.8 Å². The number of benzene rings is 2. The van der Waals surface area contributed by atoms with Gasteiger partial charge in [0.2, 0.25) is 5.91 Å².